The van der Waals surface area contributed by atoms with E-state index in [4.69, 9.17) is 9.73 Å². The fraction of sp³-hybridized carbons (Fsp3) is 0.636. The fourth-order valence-corrected chi connectivity index (χ4v) is 3.67. The number of hydrogen-bond donors (Lipinski definition) is 1. The molecule has 0 unspecified atom stereocenters. The smallest absolute Gasteiger partial charge is 0.269 e. The lowest BCUT2D eigenvalue weighted by molar-refractivity contribution is -0.384. The van der Waals surface area contributed by atoms with Crippen LogP contribution in [0.1, 0.15) is 19.4 Å². The minimum atomic E-state index is -0.397. The Morgan fingerprint density at radius 2 is 1.73 bits per heavy atom. The quantitative estimate of drug-likeness (QED) is 0.174. The van der Waals surface area contributed by atoms with E-state index in [1.54, 1.807) is 12.1 Å². The molecule has 0 bridgehead atoms. The lowest BCUT2D eigenvalue weighted by Crippen LogP contribution is -2.55. The number of rotatable bonds is 7. The zero-order chi connectivity index (χ0) is 22.9. The topological polar surface area (TPSA) is 104 Å². The van der Waals surface area contributed by atoms with Gasteiger partial charge >= 0.3 is 0 Å². The molecule has 3 rings (SSSR count). The van der Waals surface area contributed by atoms with Crippen molar-refractivity contribution < 1.29 is 14.5 Å². The maximum Gasteiger partial charge on any atom is 0.269 e. The van der Waals surface area contributed by atoms with Crippen LogP contribution in [-0.2, 0) is 16.1 Å². The summed E-state index contributed by atoms with van der Waals surface area (Å²) in [5.41, 5.74) is 1.01. The van der Waals surface area contributed by atoms with E-state index >= 15 is 0 Å². The van der Waals surface area contributed by atoms with Crippen LogP contribution in [0, 0.1) is 16.0 Å². The van der Waals surface area contributed by atoms with E-state index in [0.29, 0.717) is 45.3 Å². The van der Waals surface area contributed by atoms with E-state index in [9.17, 15) is 14.9 Å². The highest BCUT2D eigenvalue weighted by Crippen LogP contribution is 2.13. The lowest BCUT2D eigenvalue weighted by Gasteiger charge is -2.37. The molecule has 1 aromatic rings. The standard InChI is InChI=1S/C22H34N6O4.HI/c1-18(2)15-23-22(24-16-19-3-5-20(6-4-19)28(30)31)27-9-7-25(8-10-27)17-21(29)26-11-13-32-14-12-26;/h3-6,18H,7-17H2,1-2H3,(H,23,24);1H. The number of hydrogen-bond acceptors (Lipinski definition) is 6. The molecule has 184 valence electrons. The summed E-state index contributed by atoms with van der Waals surface area (Å²) in [6.45, 7) is 11.8. The third-order valence-corrected chi connectivity index (χ3v) is 5.62. The lowest BCUT2D eigenvalue weighted by atomic mass is 10.2. The first-order chi connectivity index (χ1) is 15.4. The van der Waals surface area contributed by atoms with Gasteiger partial charge in [0.25, 0.3) is 5.69 Å². The molecular formula is C22H35IN6O4. The minimum Gasteiger partial charge on any atom is -0.378 e. The second-order valence-corrected chi connectivity index (χ2v) is 8.59. The number of carbonyl (C=O) groups is 1. The first-order valence-corrected chi connectivity index (χ1v) is 11.3. The molecule has 2 aliphatic rings. The summed E-state index contributed by atoms with van der Waals surface area (Å²) in [5.74, 6) is 1.50. The number of aliphatic imine (C=N–C) groups is 1. The van der Waals surface area contributed by atoms with E-state index in [2.05, 4.69) is 29.0 Å². The summed E-state index contributed by atoms with van der Waals surface area (Å²) in [6, 6.07) is 6.51. The Bertz CT molecular complexity index is 791. The molecule has 0 aliphatic carbocycles. The maximum atomic E-state index is 12.5. The third kappa shape index (κ3) is 8.70. The van der Waals surface area contributed by atoms with Crippen LogP contribution in [-0.4, -0.2) is 97.1 Å². The molecule has 2 aliphatic heterocycles. The van der Waals surface area contributed by atoms with Gasteiger partial charge in [-0.2, -0.15) is 0 Å². The molecule has 0 atom stereocenters. The van der Waals surface area contributed by atoms with Crippen molar-refractivity contribution in [3.8, 4) is 0 Å². The largest absolute Gasteiger partial charge is 0.378 e. The number of carbonyl (C=O) groups excluding carboxylic acids is 1. The molecule has 1 amide bonds. The van der Waals surface area contributed by atoms with Gasteiger partial charge in [-0.15, -0.1) is 24.0 Å². The second kappa shape index (κ2) is 13.7. The van der Waals surface area contributed by atoms with Crippen molar-refractivity contribution in [2.75, 3.05) is 65.6 Å². The molecule has 0 aromatic heterocycles. The Kier molecular flexibility index (Phi) is 11.3. The Labute approximate surface area is 212 Å². The number of morpholine rings is 1. The second-order valence-electron chi connectivity index (χ2n) is 8.59. The van der Waals surface area contributed by atoms with E-state index < -0.39 is 4.92 Å². The zero-order valence-corrected chi connectivity index (χ0v) is 21.8. The van der Waals surface area contributed by atoms with Gasteiger partial charge in [0.1, 0.15) is 0 Å². The maximum absolute atomic E-state index is 12.5. The summed E-state index contributed by atoms with van der Waals surface area (Å²) in [5, 5.41) is 14.3. The highest BCUT2D eigenvalue weighted by atomic mass is 127. The SMILES string of the molecule is CC(C)CNC(=NCc1ccc([N+](=O)[O-])cc1)N1CCN(CC(=O)N2CCOCC2)CC1.I. The predicted octanol–water partition coefficient (Wildman–Crippen LogP) is 1.79. The van der Waals surface area contributed by atoms with Crippen molar-refractivity contribution in [3.63, 3.8) is 0 Å². The van der Waals surface area contributed by atoms with Gasteiger partial charge in [-0.3, -0.25) is 19.8 Å². The predicted molar refractivity (Wildman–Crippen MR) is 138 cm³/mol. The molecule has 10 nitrogen and oxygen atoms in total. The molecule has 33 heavy (non-hydrogen) atoms. The van der Waals surface area contributed by atoms with Crippen molar-refractivity contribution in [2.45, 2.75) is 20.4 Å². The van der Waals surface area contributed by atoms with E-state index in [-0.39, 0.29) is 35.6 Å². The number of benzene rings is 1. The van der Waals surface area contributed by atoms with Crippen molar-refractivity contribution in [2.24, 2.45) is 10.9 Å². The Morgan fingerprint density at radius 3 is 2.30 bits per heavy atom. The number of piperazine rings is 1. The molecule has 2 fully saturated rings. The van der Waals surface area contributed by atoms with Crippen molar-refractivity contribution >= 4 is 41.5 Å². The normalized spacial score (nSPS) is 17.6. The van der Waals surface area contributed by atoms with Gasteiger partial charge in [-0.05, 0) is 11.5 Å². The highest BCUT2D eigenvalue weighted by Gasteiger charge is 2.24. The third-order valence-electron chi connectivity index (χ3n) is 5.62. The number of ether oxygens (including phenoxy) is 1. The number of nitro groups is 1. The highest BCUT2D eigenvalue weighted by molar-refractivity contribution is 14.0. The molecule has 0 radical (unpaired) electrons. The van der Waals surface area contributed by atoms with Crippen LogP contribution in [0.5, 0.6) is 0 Å². The number of nitrogens with one attached hydrogen (secondary N) is 1. The summed E-state index contributed by atoms with van der Waals surface area (Å²) >= 11 is 0. The number of halogens is 1. The average Bonchev–Trinajstić information content (AvgIpc) is 2.80. The first kappa shape index (κ1) is 27.3. The average molecular weight is 574 g/mol. The van der Waals surface area contributed by atoms with E-state index in [1.807, 2.05) is 4.90 Å². The Morgan fingerprint density at radius 1 is 1.09 bits per heavy atom. The fourth-order valence-electron chi connectivity index (χ4n) is 3.67. The number of nitro benzene ring substituents is 1. The van der Waals surface area contributed by atoms with Crippen molar-refractivity contribution in [1.29, 1.82) is 0 Å². The monoisotopic (exact) mass is 574 g/mol. The van der Waals surface area contributed by atoms with Gasteiger partial charge in [0.15, 0.2) is 5.96 Å². The molecule has 0 saturated carbocycles. The van der Waals surface area contributed by atoms with Gasteiger partial charge in [-0.1, -0.05) is 26.0 Å². The van der Waals surface area contributed by atoms with Crippen molar-refractivity contribution in [1.82, 2.24) is 20.0 Å². The molecule has 1 N–H and O–H groups in total. The van der Waals surface area contributed by atoms with E-state index in [1.165, 1.54) is 12.1 Å². The molecule has 0 spiro atoms. The van der Waals surface area contributed by atoms with Gasteiger partial charge in [0.05, 0.1) is 31.2 Å². The van der Waals surface area contributed by atoms with Gasteiger partial charge in [-0.25, -0.2) is 4.99 Å². The molecular weight excluding hydrogens is 539 g/mol. The molecule has 2 heterocycles. The molecule has 11 heteroatoms. The van der Waals surface area contributed by atoms with Crippen LogP contribution in [0.4, 0.5) is 5.69 Å². The van der Waals surface area contributed by atoms with Crippen LogP contribution in [0.3, 0.4) is 0 Å². The summed E-state index contributed by atoms with van der Waals surface area (Å²) in [4.78, 5) is 34.1. The molecule has 1 aromatic carbocycles. The van der Waals surface area contributed by atoms with Gasteiger partial charge < -0.3 is 19.9 Å². The van der Waals surface area contributed by atoms with Gasteiger partial charge in [0, 0.05) is 57.9 Å². The van der Waals surface area contributed by atoms with Crippen LogP contribution < -0.4 is 5.32 Å². The Balaban J connectivity index is 0.00000385. The van der Waals surface area contributed by atoms with Crippen LogP contribution >= 0.6 is 24.0 Å². The Hall–Kier alpha value is -1.99. The van der Waals surface area contributed by atoms with Gasteiger partial charge in [0.2, 0.25) is 5.91 Å². The van der Waals surface area contributed by atoms with Crippen LogP contribution in [0.15, 0.2) is 29.3 Å². The first-order valence-electron chi connectivity index (χ1n) is 11.3. The summed E-state index contributed by atoms with van der Waals surface area (Å²) in [6.07, 6.45) is 0. The van der Waals surface area contributed by atoms with Crippen LogP contribution in [0.25, 0.3) is 0 Å². The zero-order valence-electron chi connectivity index (χ0n) is 19.4. The summed E-state index contributed by atoms with van der Waals surface area (Å²) < 4.78 is 5.33. The molecule has 2 saturated heterocycles. The summed E-state index contributed by atoms with van der Waals surface area (Å²) in [7, 11) is 0. The minimum absolute atomic E-state index is 0. The van der Waals surface area contributed by atoms with Crippen LogP contribution in [0.2, 0.25) is 0 Å². The number of nitrogens with zero attached hydrogens (tertiary/aromatic N) is 5. The van der Waals surface area contributed by atoms with Crippen molar-refractivity contribution in [3.05, 3.63) is 39.9 Å². The van der Waals surface area contributed by atoms with E-state index in [0.717, 1.165) is 44.2 Å². The number of amides is 1. The number of guanidine groups is 1. The number of non-ortho nitro benzene ring substituents is 1.